The highest BCUT2D eigenvalue weighted by Crippen LogP contribution is 2.56. The summed E-state index contributed by atoms with van der Waals surface area (Å²) in [6, 6.07) is 0.107. The van der Waals surface area contributed by atoms with E-state index >= 15 is 0 Å². The fourth-order valence-corrected chi connectivity index (χ4v) is 5.39. The Morgan fingerprint density at radius 3 is 2.15 bits per heavy atom. The molecule has 0 saturated heterocycles. The predicted octanol–water partition coefficient (Wildman–Crippen LogP) is 2.55. The monoisotopic (exact) mass is 278 g/mol. The molecule has 4 saturated carbocycles. The van der Waals surface area contributed by atoms with E-state index in [0.29, 0.717) is 36.1 Å². The number of rotatable bonds is 5. The van der Waals surface area contributed by atoms with Gasteiger partial charge in [-0.2, -0.15) is 0 Å². The minimum atomic E-state index is 0.107. The summed E-state index contributed by atoms with van der Waals surface area (Å²) in [5.74, 6) is 4.42. The van der Waals surface area contributed by atoms with Crippen LogP contribution in [0.15, 0.2) is 0 Å². The molecule has 4 fully saturated rings. The molecule has 0 aromatic heterocycles. The van der Waals surface area contributed by atoms with Gasteiger partial charge in [-0.3, -0.25) is 4.79 Å². The largest absolute Gasteiger partial charge is 0.354 e. The Balaban J connectivity index is 1.53. The van der Waals surface area contributed by atoms with Gasteiger partial charge in [0.1, 0.15) is 0 Å². The second-order valence-electron chi connectivity index (χ2n) is 8.09. The zero-order valence-corrected chi connectivity index (χ0v) is 13.0. The normalized spacial score (nSPS) is 40.1. The highest BCUT2D eigenvalue weighted by molar-refractivity contribution is 5.79. The molecule has 4 aliphatic rings. The Bertz CT molecular complexity index is 338. The van der Waals surface area contributed by atoms with Crippen molar-refractivity contribution in [3.05, 3.63) is 0 Å². The summed E-state index contributed by atoms with van der Waals surface area (Å²) in [5, 5.41) is 3.15. The minimum Gasteiger partial charge on any atom is -0.354 e. The van der Waals surface area contributed by atoms with Crippen molar-refractivity contribution in [3.63, 3.8) is 0 Å². The molecule has 1 amide bonds. The van der Waals surface area contributed by atoms with Crippen molar-refractivity contribution in [1.29, 1.82) is 0 Å². The maximum absolute atomic E-state index is 12.6. The van der Waals surface area contributed by atoms with E-state index in [1.54, 1.807) is 0 Å². The summed E-state index contributed by atoms with van der Waals surface area (Å²) in [6.07, 6.45) is 7.67. The first-order valence-corrected chi connectivity index (χ1v) is 8.56. The molecule has 0 aromatic carbocycles. The quantitative estimate of drug-likeness (QED) is 0.812. The molecule has 1 unspecified atom stereocenters. The maximum atomic E-state index is 12.6. The van der Waals surface area contributed by atoms with E-state index in [9.17, 15) is 4.79 Å². The van der Waals surface area contributed by atoms with Crippen LogP contribution in [0.25, 0.3) is 0 Å². The summed E-state index contributed by atoms with van der Waals surface area (Å²) < 4.78 is 0. The smallest absolute Gasteiger partial charge is 0.223 e. The molecule has 114 valence electrons. The lowest BCUT2D eigenvalue weighted by Gasteiger charge is -2.53. The third kappa shape index (κ3) is 2.88. The lowest BCUT2D eigenvalue weighted by Crippen LogP contribution is -2.52. The van der Waals surface area contributed by atoms with E-state index in [0.717, 1.165) is 18.3 Å². The molecule has 0 aliphatic heterocycles. The van der Waals surface area contributed by atoms with Crippen molar-refractivity contribution in [2.24, 2.45) is 41.2 Å². The molecule has 4 bridgehead atoms. The van der Waals surface area contributed by atoms with Crippen LogP contribution in [0.2, 0.25) is 0 Å². The highest BCUT2D eigenvalue weighted by atomic mass is 16.1. The predicted molar refractivity (Wildman–Crippen MR) is 81.0 cm³/mol. The van der Waals surface area contributed by atoms with E-state index in [1.165, 1.54) is 32.1 Å². The summed E-state index contributed by atoms with van der Waals surface area (Å²) >= 11 is 0. The van der Waals surface area contributed by atoms with Gasteiger partial charge in [-0.1, -0.05) is 13.8 Å². The van der Waals surface area contributed by atoms with Gasteiger partial charge in [-0.15, -0.1) is 0 Å². The standard InChI is InChI=1S/C17H30N2O/c1-10(2)3-15(18)9-19-17(20)16-13-5-11-4-12(7-13)8-14(16)6-11/h10-16H,3-9,18H2,1-2H3,(H,19,20). The highest BCUT2D eigenvalue weighted by Gasteiger charge is 2.50. The number of carbonyl (C=O) groups excluding carboxylic acids is 1. The van der Waals surface area contributed by atoms with Gasteiger partial charge in [0.25, 0.3) is 0 Å². The summed E-state index contributed by atoms with van der Waals surface area (Å²) in [6.45, 7) is 5.01. The molecular weight excluding hydrogens is 248 g/mol. The van der Waals surface area contributed by atoms with E-state index in [2.05, 4.69) is 19.2 Å². The third-order valence-corrected chi connectivity index (χ3v) is 5.84. The molecule has 3 N–H and O–H groups in total. The Hall–Kier alpha value is -0.570. The molecule has 4 rings (SSSR count). The lowest BCUT2D eigenvalue weighted by atomic mass is 9.51. The van der Waals surface area contributed by atoms with Crippen LogP contribution < -0.4 is 11.1 Å². The Morgan fingerprint density at radius 2 is 1.65 bits per heavy atom. The van der Waals surface area contributed by atoms with Crippen LogP contribution in [-0.4, -0.2) is 18.5 Å². The maximum Gasteiger partial charge on any atom is 0.223 e. The van der Waals surface area contributed by atoms with Crippen LogP contribution in [0, 0.1) is 35.5 Å². The lowest BCUT2D eigenvalue weighted by molar-refractivity contribution is -0.138. The van der Waals surface area contributed by atoms with Crippen molar-refractivity contribution in [3.8, 4) is 0 Å². The van der Waals surface area contributed by atoms with E-state index in [1.807, 2.05) is 0 Å². The van der Waals surface area contributed by atoms with E-state index in [-0.39, 0.29) is 6.04 Å². The van der Waals surface area contributed by atoms with E-state index in [4.69, 9.17) is 5.73 Å². The molecule has 0 aromatic rings. The first kappa shape index (κ1) is 14.4. The SMILES string of the molecule is CC(C)CC(N)CNC(=O)C1C2CC3CC(C2)CC1C3. The van der Waals surface area contributed by atoms with Crippen LogP contribution in [0.3, 0.4) is 0 Å². The molecular formula is C17H30N2O. The van der Waals surface area contributed by atoms with Crippen LogP contribution >= 0.6 is 0 Å². The van der Waals surface area contributed by atoms with Crippen LogP contribution in [0.4, 0.5) is 0 Å². The Labute approximate surface area is 123 Å². The third-order valence-electron chi connectivity index (χ3n) is 5.84. The summed E-state index contributed by atoms with van der Waals surface area (Å²) in [5.41, 5.74) is 6.08. The van der Waals surface area contributed by atoms with Gasteiger partial charge in [-0.25, -0.2) is 0 Å². The summed E-state index contributed by atoms with van der Waals surface area (Å²) in [7, 11) is 0. The Morgan fingerprint density at radius 1 is 1.10 bits per heavy atom. The first-order chi connectivity index (χ1) is 9.52. The molecule has 20 heavy (non-hydrogen) atoms. The van der Waals surface area contributed by atoms with Gasteiger partial charge in [0.15, 0.2) is 0 Å². The van der Waals surface area contributed by atoms with Crippen molar-refractivity contribution >= 4 is 5.91 Å². The second kappa shape index (κ2) is 5.67. The number of hydrogen-bond acceptors (Lipinski definition) is 2. The summed E-state index contributed by atoms with van der Waals surface area (Å²) in [4.78, 5) is 12.6. The average Bonchev–Trinajstić information content (AvgIpc) is 2.34. The second-order valence-corrected chi connectivity index (χ2v) is 8.09. The van der Waals surface area contributed by atoms with Crippen LogP contribution in [0.1, 0.15) is 52.4 Å². The van der Waals surface area contributed by atoms with Crippen molar-refractivity contribution < 1.29 is 4.79 Å². The van der Waals surface area contributed by atoms with Crippen molar-refractivity contribution in [2.45, 2.75) is 58.4 Å². The van der Waals surface area contributed by atoms with E-state index < -0.39 is 0 Å². The van der Waals surface area contributed by atoms with Gasteiger partial charge in [-0.05, 0) is 68.1 Å². The first-order valence-electron chi connectivity index (χ1n) is 8.56. The number of nitrogens with two attached hydrogens (primary N) is 1. The Kier molecular flexibility index (Phi) is 4.07. The minimum absolute atomic E-state index is 0.107. The average molecular weight is 278 g/mol. The van der Waals surface area contributed by atoms with Gasteiger partial charge in [0, 0.05) is 18.5 Å². The number of hydrogen-bond donors (Lipinski definition) is 2. The number of carbonyl (C=O) groups is 1. The van der Waals surface area contributed by atoms with Crippen LogP contribution in [0.5, 0.6) is 0 Å². The zero-order chi connectivity index (χ0) is 14.3. The van der Waals surface area contributed by atoms with Crippen LogP contribution in [-0.2, 0) is 4.79 Å². The van der Waals surface area contributed by atoms with Gasteiger partial charge >= 0.3 is 0 Å². The van der Waals surface area contributed by atoms with Gasteiger partial charge in [0.05, 0.1) is 0 Å². The zero-order valence-electron chi connectivity index (χ0n) is 13.0. The molecule has 0 heterocycles. The number of nitrogens with one attached hydrogen (secondary N) is 1. The molecule has 4 aliphatic carbocycles. The molecule has 3 nitrogen and oxygen atoms in total. The van der Waals surface area contributed by atoms with Gasteiger partial charge in [0.2, 0.25) is 5.91 Å². The van der Waals surface area contributed by atoms with Crippen molar-refractivity contribution in [1.82, 2.24) is 5.32 Å². The molecule has 0 radical (unpaired) electrons. The number of amides is 1. The molecule has 1 atom stereocenters. The van der Waals surface area contributed by atoms with Gasteiger partial charge < -0.3 is 11.1 Å². The topological polar surface area (TPSA) is 55.1 Å². The fourth-order valence-electron chi connectivity index (χ4n) is 5.39. The molecule has 3 heteroatoms. The molecule has 0 spiro atoms. The fraction of sp³-hybridized carbons (Fsp3) is 0.941. The van der Waals surface area contributed by atoms with Crippen molar-refractivity contribution in [2.75, 3.05) is 6.54 Å².